The molecule has 0 spiro atoms. The van der Waals surface area contributed by atoms with Crippen LogP contribution in [-0.4, -0.2) is 40.9 Å². The number of hydrogen-bond acceptors (Lipinski definition) is 9. The maximum atomic E-state index is 11.8. The summed E-state index contributed by atoms with van der Waals surface area (Å²) >= 11 is 0. The molecule has 9 aromatic rings. The minimum atomic E-state index is -1.03. The summed E-state index contributed by atoms with van der Waals surface area (Å²) in [5.41, 5.74) is 3.30. The van der Waals surface area contributed by atoms with Crippen LogP contribution < -0.4 is 0 Å². The molecule has 0 fully saturated rings. The molecule has 0 radical (unpaired) electrons. The van der Waals surface area contributed by atoms with Crippen molar-refractivity contribution in [3.8, 4) is 79.4 Å². The average molecular weight is 675 g/mol. The van der Waals surface area contributed by atoms with E-state index >= 15 is 0 Å². The van der Waals surface area contributed by atoms with Gasteiger partial charge in [-0.15, -0.1) is 0 Å². The van der Waals surface area contributed by atoms with Gasteiger partial charge in [0.2, 0.25) is 23.0 Å². The first-order chi connectivity index (χ1) is 24.7. The van der Waals surface area contributed by atoms with Gasteiger partial charge in [0.15, 0.2) is 23.0 Å². The molecule has 51 heavy (non-hydrogen) atoms. The predicted octanol–water partition coefficient (Wildman–Crippen LogP) is 9.69. The Labute approximate surface area is 287 Å². The number of rotatable bonds is 3. The van der Waals surface area contributed by atoms with Gasteiger partial charge >= 0.3 is 0 Å². The summed E-state index contributed by atoms with van der Waals surface area (Å²) in [5, 5.41) is 92.9. The van der Waals surface area contributed by atoms with Gasteiger partial charge in [-0.1, -0.05) is 78.9 Å². The molecule has 8 N–H and O–H groups in total. The molecule has 248 valence electrons. The van der Waals surface area contributed by atoms with Crippen LogP contribution >= 0.6 is 0 Å². The van der Waals surface area contributed by atoms with E-state index in [1.165, 1.54) is 0 Å². The number of hydrogen-bond donors (Lipinski definition) is 8. The molecule has 0 aliphatic rings. The molecule has 0 saturated heterocycles. The highest BCUT2D eigenvalue weighted by molar-refractivity contribution is 6.30. The highest BCUT2D eigenvalue weighted by Crippen LogP contribution is 2.62. The zero-order valence-corrected chi connectivity index (χ0v) is 26.4. The molecule has 0 bridgehead atoms. The fraction of sp³-hybridized carbons (Fsp3) is 0. The molecular weight excluding hydrogens is 648 g/mol. The molecule has 0 unspecified atom stereocenters. The van der Waals surface area contributed by atoms with Crippen molar-refractivity contribution in [2.75, 3.05) is 0 Å². The van der Waals surface area contributed by atoms with Crippen LogP contribution in [0, 0.1) is 0 Å². The van der Waals surface area contributed by atoms with Crippen LogP contribution in [0.2, 0.25) is 0 Å². The van der Waals surface area contributed by atoms with E-state index in [2.05, 4.69) is 0 Å². The van der Waals surface area contributed by atoms with Crippen molar-refractivity contribution in [1.82, 2.24) is 0 Å². The SMILES string of the molecule is Oc1c(O)c(O)c2c(-c3cc(-c4ccccc4)cc4ccccc34)c3c(O)c(O)c(O)c(O)c3c(-c3ccc4oc5ccccc5c4c3)c2c1O. The summed E-state index contributed by atoms with van der Waals surface area (Å²) in [6.45, 7) is 0. The van der Waals surface area contributed by atoms with Crippen LogP contribution in [0.4, 0.5) is 0 Å². The summed E-state index contributed by atoms with van der Waals surface area (Å²) in [7, 11) is 0. The molecule has 0 saturated carbocycles. The topological polar surface area (TPSA) is 175 Å². The van der Waals surface area contributed by atoms with Gasteiger partial charge in [-0.2, -0.15) is 0 Å². The lowest BCUT2D eigenvalue weighted by Gasteiger charge is -2.23. The molecule has 9 rings (SSSR count). The summed E-state index contributed by atoms with van der Waals surface area (Å²) < 4.78 is 6.01. The van der Waals surface area contributed by atoms with E-state index in [0.717, 1.165) is 21.9 Å². The average Bonchev–Trinajstić information content (AvgIpc) is 3.54. The lowest BCUT2D eigenvalue weighted by atomic mass is 9.81. The van der Waals surface area contributed by atoms with E-state index in [1.54, 1.807) is 42.5 Å². The second kappa shape index (κ2) is 10.6. The van der Waals surface area contributed by atoms with Gasteiger partial charge in [0, 0.05) is 43.4 Å². The molecule has 1 heterocycles. The molecule has 0 aliphatic heterocycles. The van der Waals surface area contributed by atoms with Gasteiger partial charge in [-0.05, 0) is 63.4 Å². The minimum absolute atomic E-state index is 0.0150. The lowest BCUT2D eigenvalue weighted by molar-refractivity contribution is 0.350. The van der Waals surface area contributed by atoms with Crippen LogP contribution in [0.1, 0.15) is 0 Å². The Morgan fingerprint density at radius 3 is 1.47 bits per heavy atom. The molecule has 9 heteroatoms. The summed E-state index contributed by atoms with van der Waals surface area (Å²) in [6.07, 6.45) is 0. The first-order valence-corrected chi connectivity index (χ1v) is 15.9. The molecule has 8 aromatic carbocycles. The van der Waals surface area contributed by atoms with Crippen LogP contribution in [-0.2, 0) is 0 Å². The zero-order valence-electron chi connectivity index (χ0n) is 26.4. The first-order valence-electron chi connectivity index (χ1n) is 15.9. The Morgan fingerprint density at radius 1 is 0.333 bits per heavy atom. The van der Waals surface area contributed by atoms with E-state index in [9.17, 15) is 40.9 Å². The highest BCUT2D eigenvalue weighted by atomic mass is 16.4. The van der Waals surface area contributed by atoms with Gasteiger partial charge < -0.3 is 45.3 Å². The largest absolute Gasteiger partial charge is 0.504 e. The Morgan fingerprint density at radius 2 is 0.843 bits per heavy atom. The third kappa shape index (κ3) is 4.09. The maximum absolute atomic E-state index is 11.8. The predicted molar refractivity (Wildman–Crippen MR) is 196 cm³/mol. The van der Waals surface area contributed by atoms with E-state index in [1.807, 2.05) is 66.7 Å². The standard InChI is InChI=1S/C42H26O9/c43-35-31-29(21-14-15-28-25(17-21)24-12-6-7-13-27(24)51-28)32-34(38(46)42(50)40(48)36(32)44)30(33(31)37(45)41(49)39(35)47)26-18-22(19-8-2-1-3-9-19)16-20-10-4-5-11-23(20)26/h1-18,43-50H. The van der Waals surface area contributed by atoms with Crippen molar-refractivity contribution in [1.29, 1.82) is 0 Å². The smallest absolute Gasteiger partial charge is 0.204 e. The van der Waals surface area contributed by atoms with Crippen LogP contribution in [0.25, 0.3) is 87.6 Å². The minimum Gasteiger partial charge on any atom is -0.504 e. The summed E-state index contributed by atoms with van der Waals surface area (Å²) in [4.78, 5) is 0. The first kappa shape index (κ1) is 29.8. The molecule has 1 aromatic heterocycles. The number of para-hydroxylation sites is 1. The molecule has 0 aliphatic carbocycles. The number of fused-ring (bicyclic) bond motifs is 6. The van der Waals surface area contributed by atoms with Crippen molar-refractivity contribution >= 4 is 54.3 Å². The van der Waals surface area contributed by atoms with Crippen LogP contribution in [0.15, 0.2) is 114 Å². The monoisotopic (exact) mass is 674 g/mol. The third-order valence-corrected chi connectivity index (χ3v) is 9.70. The number of phenolic OH excluding ortho intramolecular Hbond substituents is 8. The van der Waals surface area contributed by atoms with Crippen molar-refractivity contribution in [3.05, 3.63) is 109 Å². The fourth-order valence-corrected chi connectivity index (χ4v) is 7.37. The van der Waals surface area contributed by atoms with Crippen molar-refractivity contribution in [2.24, 2.45) is 0 Å². The van der Waals surface area contributed by atoms with E-state index in [-0.39, 0.29) is 32.7 Å². The van der Waals surface area contributed by atoms with Gasteiger partial charge in [0.25, 0.3) is 0 Å². The highest BCUT2D eigenvalue weighted by Gasteiger charge is 2.33. The van der Waals surface area contributed by atoms with E-state index in [4.69, 9.17) is 4.42 Å². The number of benzene rings is 8. The van der Waals surface area contributed by atoms with E-state index < -0.39 is 46.0 Å². The van der Waals surface area contributed by atoms with Crippen molar-refractivity contribution in [2.45, 2.75) is 0 Å². The maximum Gasteiger partial charge on any atom is 0.204 e. The second-order valence-electron chi connectivity index (χ2n) is 12.5. The molecule has 9 nitrogen and oxygen atoms in total. The van der Waals surface area contributed by atoms with Crippen molar-refractivity contribution < 1.29 is 45.3 Å². The number of aromatic hydroxyl groups is 8. The second-order valence-corrected chi connectivity index (χ2v) is 12.5. The van der Waals surface area contributed by atoms with Gasteiger partial charge in [0.05, 0.1) is 0 Å². The number of phenols is 8. The number of furan rings is 1. The quantitative estimate of drug-likeness (QED) is 0.0515. The third-order valence-electron chi connectivity index (χ3n) is 9.70. The molecule has 0 amide bonds. The molecule has 0 atom stereocenters. The summed E-state index contributed by atoms with van der Waals surface area (Å²) in [5.74, 6) is -7.48. The fourth-order valence-electron chi connectivity index (χ4n) is 7.37. The Kier molecular flexibility index (Phi) is 6.21. The van der Waals surface area contributed by atoms with E-state index in [0.29, 0.717) is 33.1 Å². The Balaban J connectivity index is 1.56. The normalized spacial score (nSPS) is 11.8. The van der Waals surface area contributed by atoms with Crippen LogP contribution in [0.5, 0.6) is 46.0 Å². The van der Waals surface area contributed by atoms with Gasteiger partial charge in [-0.3, -0.25) is 0 Å². The van der Waals surface area contributed by atoms with Gasteiger partial charge in [-0.25, -0.2) is 0 Å². The van der Waals surface area contributed by atoms with Crippen LogP contribution in [0.3, 0.4) is 0 Å². The molecular formula is C42H26O9. The lowest BCUT2D eigenvalue weighted by Crippen LogP contribution is -1.95. The van der Waals surface area contributed by atoms with Gasteiger partial charge in [0.1, 0.15) is 11.2 Å². The zero-order chi connectivity index (χ0) is 35.3. The Hall–Kier alpha value is -7.26. The van der Waals surface area contributed by atoms with Crippen molar-refractivity contribution in [3.63, 3.8) is 0 Å². The summed E-state index contributed by atoms with van der Waals surface area (Å²) in [6, 6.07) is 32.8. The Bertz CT molecular complexity index is 2860.